The molecule has 2 rings (SSSR count). The normalized spacial score (nSPS) is 12.2. The Bertz CT molecular complexity index is 946. The number of nitrogens with one attached hydrogen (secondary N) is 1. The first-order valence-corrected chi connectivity index (χ1v) is 10.1. The van der Waals surface area contributed by atoms with Crippen molar-refractivity contribution in [3.63, 3.8) is 0 Å². The smallest absolute Gasteiger partial charge is 0.324 e. The van der Waals surface area contributed by atoms with Gasteiger partial charge in [-0.25, -0.2) is 8.42 Å². The van der Waals surface area contributed by atoms with Crippen LogP contribution in [0.3, 0.4) is 0 Å². The fraction of sp³-hybridized carbons (Fsp3) is 0.300. The van der Waals surface area contributed by atoms with Crippen LogP contribution < -0.4 is 9.46 Å². The lowest BCUT2D eigenvalue weighted by Crippen LogP contribution is -2.45. The minimum absolute atomic E-state index is 0.0158. The van der Waals surface area contributed by atoms with Crippen molar-refractivity contribution in [2.75, 3.05) is 7.11 Å². The Balaban J connectivity index is 2.08. The van der Waals surface area contributed by atoms with Gasteiger partial charge in [0.15, 0.2) is 0 Å². The van der Waals surface area contributed by atoms with E-state index in [0.29, 0.717) is 16.9 Å². The summed E-state index contributed by atoms with van der Waals surface area (Å²) in [6.07, 6.45) is 0. The van der Waals surface area contributed by atoms with Crippen molar-refractivity contribution < 1.29 is 22.7 Å². The molecule has 8 heteroatoms. The Hall–Kier alpha value is -2.89. The number of nitrogens with zero attached hydrogens (tertiary/aromatic N) is 1. The maximum Gasteiger partial charge on any atom is 0.324 e. The van der Waals surface area contributed by atoms with Gasteiger partial charge in [-0.05, 0) is 47.9 Å². The van der Waals surface area contributed by atoms with Crippen molar-refractivity contribution in [2.24, 2.45) is 5.92 Å². The Morgan fingerprint density at radius 2 is 1.71 bits per heavy atom. The highest BCUT2D eigenvalue weighted by Gasteiger charge is 2.29. The largest absolute Gasteiger partial charge is 0.497 e. The topological polar surface area (TPSA) is 105 Å². The van der Waals surface area contributed by atoms with Crippen molar-refractivity contribution in [1.82, 2.24) is 4.72 Å². The minimum Gasteiger partial charge on any atom is -0.497 e. The Labute approximate surface area is 164 Å². The van der Waals surface area contributed by atoms with E-state index in [1.165, 1.54) is 31.4 Å². The number of ether oxygens (including phenoxy) is 2. The number of hydrogen-bond acceptors (Lipinski definition) is 6. The number of hydrogen-bond donors (Lipinski definition) is 1. The van der Waals surface area contributed by atoms with Crippen LogP contribution in [0, 0.1) is 17.2 Å². The van der Waals surface area contributed by atoms with Gasteiger partial charge in [-0.3, -0.25) is 4.79 Å². The van der Waals surface area contributed by atoms with Crippen LogP contribution >= 0.6 is 0 Å². The third kappa shape index (κ3) is 5.55. The molecular formula is C20H22N2O5S. The molecule has 1 atom stereocenters. The van der Waals surface area contributed by atoms with Crippen LogP contribution in [0.25, 0.3) is 0 Å². The highest BCUT2D eigenvalue weighted by atomic mass is 32.2. The van der Waals surface area contributed by atoms with Gasteiger partial charge in [0.1, 0.15) is 18.4 Å². The van der Waals surface area contributed by atoms with Gasteiger partial charge in [-0.1, -0.05) is 26.0 Å². The first-order valence-electron chi connectivity index (χ1n) is 8.59. The molecule has 0 aromatic heterocycles. The fourth-order valence-corrected chi connectivity index (χ4v) is 3.70. The van der Waals surface area contributed by atoms with Gasteiger partial charge in [-0.15, -0.1) is 0 Å². The third-order valence-electron chi connectivity index (χ3n) is 4.04. The molecule has 0 bridgehead atoms. The summed E-state index contributed by atoms with van der Waals surface area (Å²) in [5, 5.41) is 8.80. The highest BCUT2D eigenvalue weighted by Crippen LogP contribution is 2.17. The van der Waals surface area contributed by atoms with Crippen molar-refractivity contribution in [1.29, 1.82) is 5.26 Å². The van der Waals surface area contributed by atoms with Gasteiger partial charge in [0, 0.05) is 0 Å². The lowest BCUT2D eigenvalue weighted by Gasteiger charge is -2.21. The van der Waals surface area contributed by atoms with Crippen LogP contribution in [0.15, 0.2) is 53.4 Å². The maximum absolute atomic E-state index is 12.6. The van der Waals surface area contributed by atoms with E-state index in [2.05, 4.69) is 4.72 Å². The van der Waals surface area contributed by atoms with E-state index in [9.17, 15) is 13.2 Å². The molecule has 0 aliphatic carbocycles. The highest BCUT2D eigenvalue weighted by molar-refractivity contribution is 7.89. The summed E-state index contributed by atoms with van der Waals surface area (Å²) in [7, 11) is -2.42. The zero-order chi connectivity index (χ0) is 20.7. The molecular weight excluding hydrogens is 380 g/mol. The van der Waals surface area contributed by atoms with Crippen LogP contribution in [-0.2, 0) is 26.2 Å². The van der Waals surface area contributed by atoms with Crippen LogP contribution in [-0.4, -0.2) is 27.5 Å². The lowest BCUT2D eigenvalue weighted by atomic mass is 10.1. The molecule has 2 aromatic carbocycles. The van der Waals surface area contributed by atoms with Gasteiger partial charge >= 0.3 is 5.97 Å². The van der Waals surface area contributed by atoms with Crippen molar-refractivity contribution >= 4 is 16.0 Å². The van der Waals surface area contributed by atoms with Crippen molar-refractivity contribution in [2.45, 2.75) is 31.4 Å². The van der Waals surface area contributed by atoms with E-state index in [4.69, 9.17) is 14.7 Å². The Kier molecular flexibility index (Phi) is 7.15. The van der Waals surface area contributed by atoms with Gasteiger partial charge in [0.05, 0.1) is 23.6 Å². The van der Waals surface area contributed by atoms with Gasteiger partial charge in [-0.2, -0.15) is 9.98 Å². The predicted octanol–water partition coefficient (Wildman–Crippen LogP) is 2.61. The van der Waals surface area contributed by atoms with E-state index in [-0.39, 0.29) is 17.4 Å². The summed E-state index contributed by atoms with van der Waals surface area (Å²) in [6, 6.07) is 13.4. The maximum atomic E-state index is 12.6. The quantitative estimate of drug-likeness (QED) is 0.681. The molecule has 0 aliphatic rings. The molecule has 0 unspecified atom stereocenters. The predicted molar refractivity (Wildman–Crippen MR) is 103 cm³/mol. The molecule has 28 heavy (non-hydrogen) atoms. The number of esters is 1. The summed E-state index contributed by atoms with van der Waals surface area (Å²) in [5.41, 5.74) is 1.20. The van der Waals surface area contributed by atoms with E-state index >= 15 is 0 Å². The second-order valence-corrected chi connectivity index (χ2v) is 8.15. The molecule has 2 aromatic rings. The second kappa shape index (κ2) is 9.35. The number of sulfonamides is 1. The van der Waals surface area contributed by atoms with Crippen LogP contribution in [0.4, 0.5) is 0 Å². The minimum atomic E-state index is -3.91. The molecule has 0 saturated carbocycles. The first-order chi connectivity index (χ1) is 13.3. The standard InChI is InChI=1S/C20H22N2O5S/c1-14(2)19(20(23)27-13-16-6-4-15(12-21)5-7-16)22-28(24,25)18-10-8-17(26-3)9-11-18/h4-11,14,19,22H,13H2,1-3H3/t19-/m0/s1. The zero-order valence-corrected chi connectivity index (χ0v) is 16.7. The van der Waals surface area contributed by atoms with Crippen molar-refractivity contribution in [3.05, 3.63) is 59.7 Å². The molecule has 0 saturated heterocycles. The van der Waals surface area contributed by atoms with E-state index in [1.54, 1.807) is 38.1 Å². The van der Waals surface area contributed by atoms with E-state index < -0.39 is 22.0 Å². The van der Waals surface area contributed by atoms with Gasteiger partial charge in [0.25, 0.3) is 0 Å². The molecule has 0 aliphatic heterocycles. The summed E-state index contributed by atoms with van der Waals surface area (Å²) in [5.74, 6) is -0.459. The average Bonchev–Trinajstić information content (AvgIpc) is 2.70. The molecule has 0 fully saturated rings. The van der Waals surface area contributed by atoms with Crippen molar-refractivity contribution in [3.8, 4) is 11.8 Å². The molecule has 0 radical (unpaired) electrons. The SMILES string of the molecule is COc1ccc(S(=O)(=O)N[C@H](C(=O)OCc2ccc(C#N)cc2)C(C)C)cc1. The number of methoxy groups -OCH3 is 1. The molecule has 1 N–H and O–H groups in total. The van der Waals surface area contributed by atoms with Crippen LogP contribution in [0.2, 0.25) is 0 Å². The number of carbonyl (C=O) groups is 1. The number of rotatable bonds is 8. The molecule has 7 nitrogen and oxygen atoms in total. The summed E-state index contributed by atoms with van der Waals surface area (Å²) < 4.78 is 37.9. The zero-order valence-electron chi connectivity index (χ0n) is 15.9. The van der Waals surface area contributed by atoms with Gasteiger partial charge < -0.3 is 9.47 Å². The number of carbonyl (C=O) groups excluding carboxylic acids is 1. The third-order valence-corrected chi connectivity index (χ3v) is 5.49. The molecule has 0 heterocycles. The number of nitriles is 1. The summed E-state index contributed by atoms with van der Waals surface area (Å²) >= 11 is 0. The Morgan fingerprint density at radius 1 is 1.11 bits per heavy atom. The molecule has 0 amide bonds. The fourth-order valence-electron chi connectivity index (χ4n) is 2.37. The lowest BCUT2D eigenvalue weighted by molar-refractivity contribution is -0.148. The summed E-state index contributed by atoms with van der Waals surface area (Å²) in [6.45, 7) is 3.44. The van der Waals surface area contributed by atoms with Crippen LogP contribution in [0.1, 0.15) is 25.0 Å². The molecule has 0 spiro atoms. The Morgan fingerprint density at radius 3 is 2.21 bits per heavy atom. The number of benzene rings is 2. The monoisotopic (exact) mass is 402 g/mol. The molecule has 148 valence electrons. The first kappa shape index (κ1) is 21.4. The van der Waals surface area contributed by atoms with Crippen LogP contribution in [0.5, 0.6) is 5.75 Å². The van der Waals surface area contributed by atoms with E-state index in [1.807, 2.05) is 6.07 Å². The van der Waals surface area contributed by atoms with E-state index in [0.717, 1.165) is 0 Å². The second-order valence-electron chi connectivity index (χ2n) is 6.43. The summed E-state index contributed by atoms with van der Waals surface area (Å²) in [4.78, 5) is 12.5. The average molecular weight is 402 g/mol. The van der Waals surface area contributed by atoms with Gasteiger partial charge in [0.2, 0.25) is 10.0 Å².